The average molecular weight is 426 g/mol. The molecule has 0 unspecified atom stereocenters. The molecule has 0 aliphatic heterocycles. The highest BCUT2D eigenvalue weighted by Crippen LogP contribution is 2.22. The number of ether oxygens (including phenoxy) is 1. The highest BCUT2D eigenvalue weighted by atomic mass is 79.9. The summed E-state index contributed by atoms with van der Waals surface area (Å²) in [6, 6.07) is 12.0. The predicted molar refractivity (Wildman–Crippen MR) is 96.8 cm³/mol. The summed E-state index contributed by atoms with van der Waals surface area (Å²) in [5, 5.41) is 5.19. The zero-order valence-electron chi connectivity index (χ0n) is 12.2. The standard InChI is InChI=1S/C17H11BrCl2N2O2/c18-13-8-21-22(9-13)15-5-2-11(3-6-15)17(23)24-10-12-1-4-14(19)7-16(12)20/h1-9H,10H2. The van der Waals surface area contributed by atoms with Gasteiger partial charge in [-0.2, -0.15) is 5.10 Å². The fraction of sp³-hybridized carbons (Fsp3) is 0.0588. The minimum Gasteiger partial charge on any atom is -0.457 e. The summed E-state index contributed by atoms with van der Waals surface area (Å²) in [4.78, 5) is 12.1. The van der Waals surface area contributed by atoms with Crippen molar-refractivity contribution in [3.05, 3.63) is 80.5 Å². The molecular formula is C17H11BrCl2N2O2. The fourth-order valence-electron chi connectivity index (χ4n) is 2.06. The van der Waals surface area contributed by atoms with Crippen LogP contribution in [-0.4, -0.2) is 15.7 Å². The van der Waals surface area contributed by atoms with E-state index in [2.05, 4.69) is 21.0 Å². The SMILES string of the molecule is O=C(OCc1ccc(Cl)cc1Cl)c1ccc(-n2cc(Br)cn2)cc1. The Morgan fingerprint density at radius 3 is 2.54 bits per heavy atom. The van der Waals surface area contributed by atoms with Gasteiger partial charge in [-0.15, -0.1) is 0 Å². The molecular weight excluding hydrogens is 415 g/mol. The topological polar surface area (TPSA) is 44.1 Å². The van der Waals surface area contributed by atoms with E-state index in [-0.39, 0.29) is 6.61 Å². The Kier molecular flexibility index (Phi) is 5.23. The highest BCUT2D eigenvalue weighted by Gasteiger charge is 2.10. The largest absolute Gasteiger partial charge is 0.457 e. The van der Waals surface area contributed by atoms with Gasteiger partial charge in [0.1, 0.15) is 6.61 Å². The summed E-state index contributed by atoms with van der Waals surface area (Å²) >= 11 is 15.2. The number of nitrogens with zero attached hydrogens (tertiary/aromatic N) is 2. The van der Waals surface area contributed by atoms with Gasteiger partial charge in [-0.05, 0) is 52.3 Å². The zero-order chi connectivity index (χ0) is 17.1. The van der Waals surface area contributed by atoms with Crippen LogP contribution in [0.3, 0.4) is 0 Å². The van der Waals surface area contributed by atoms with Crippen molar-refractivity contribution in [1.82, 2.24) is 9.78 Å². The molecule has 0 aliphatic carbocycles. The van der Waals surface area contributed by atoms with E-state index >= 15 is 0 Å². The van der Waals surface area contributed by atoms with Gasteiger partial charge in [0.05, 0.1) is 21.9 Å². The van der Waals surface area contributed by atoms with E-state index in [0.717, 1.165) is 10.2 Å². The van der Waals surface area contributed by atoms with E-state index in [9.17, 15) is 4.79 Å². The lowest BCUT2D eigenvalue weighted by molar-refractivity contribution is 0.0473. The van der Waals surface area contributed by atoms with Gasteiger partial charge in [0, 0.05) is 21.8 Å². The molecule has 0 atom stereocenters. The van der Waals surface area contributed by atoms with E-state index in [1.165, 1.54) is 0 Å². The Labute approximate surface area is 157 Å². The van der Waals surface area contributed by atoms with E-state index in [1.807, 2.05) is 6.20 Å². The quantitative estimate of drug-likeness (QED) is 0.532. The molecule has 2 aromatic carbocycles. The second-order valence-electron chi connectivity index (χ2n) is 4.96. The lowest BCUT2D eigenvalue weighted by Gasteiger charge is -2.08. The smallest absolute Gasteiger partial charge is 0.338 e. The summed E-state index contributed by atoms with van der Waals surface area (Å²) < 4.78 is 7.87. The Bertz CT molecular complexity index is 879. The number of halogens is 3. The van der Waals surface area contributed by atoms with Crippen LogP contribution in [0, 0.1) is 0 Å². The maximum atomic E-state index is 12.1. The molecule has 0 spiro atoms. The molecule has 122 valence electrons. The number of aromatic nitrogens is 2. The first kappa shape index (κ1) is 17.0. The average Bonchev–Trinajstić information content (AvgIpc) is 3.00. The predicted octanol–water partition coefficient (Wildman–Crippen LogP) is 5.30. The maximum Gasteiger partial charge on any atom is 0.338 e. The van der Waals surface area contributed by atoms with E-state index < -0.39 is 5.97 Å². The van der Waals surface area contributed by atoms with Gasteiger partial charge in [0.15, 0.2) is 0 Å². The molecule has 3 aromatic rings. The van der Waals surface area contributed by atoms with Crippen LogP contribution in [0.1, 0.15) is 15.9 Å². The van der Waals surface area contributed by atoms with Crippen LogP contribution >= 0.6 is 39.1 Å². The first-order chi connectivity index (χ1) is 11.5. The van der Waals surface area contributed by atoms with Crippen molar-refractivity contribution < 1.29 is 9.53 Å². The summed E-state index contributed by atoms with van der Waals surface area (Å²) in [5.41, 5.74) is 2.00. The van der Waals surface area contributed by atoms with Crippen LogP contribution in [0.15, 0.2) is 59.3 Å². The summed E-state index contributed by atoms with van der Waals surface area (Å²) in [7, 11) is 0. The Balaban J connectivity index is 1.67. The second-order valence-corrected chi connectivity index (χ2v) is 6.72. The first-order valence-electron chi connectivity index (χ1n) is 6.94. The van der Waals surface area contributed by atoms with Gasteiger partial charge in [0.25, 0.3) is 0 Å². The molecule has 0 saturated carbocycles. The van der Waals surface area contributed by atoms with Crippen LogP contribution in [0.5, 0.6) is 0 Å². The minimum atomic E-state index is -0.422. The third kappa shape index (κ3) is 3.98. The number of esters is 1. The third-order valence-corrected chi connectivity index (χ3v) is 4.29. The van der Waals surface area contributed by atoms with Crippen LogP contribution in [-0.2, 0) is 11.3 Å². The fourth-order valence-corrected chi connectivity index (χ4v) is 2.81. The summed E-state index contributed by atoms with van der Waals surface area (Å²) in [5.74, 6) is -0.422. The molecule has 0 radical (unpaired) electrons. The molecule has 0 saturated heterocycles. The number of carbonyl (C=O) groups excluding carboxylic acids is 1. The van der Waals surface area contributed by atoms with Gasteiger partial charge in [-0.1, -0.05) is 29.3 Å². The van der Waals surface area contributed by atoms with Gasteiger partial charge in [-0.25, -0.2) is 9.48 Å². The Morgan fingerprint density at radius 2 is 1.92 bits per heavy atom. The number of rotatable bonds is 4. The Morgan fingerprint density at radius 1 is 1.17 bits per heavy atom. The highest BCUT2D eigenvalue weighted by molar-refractivity contribution is 9.10. The Hall–Kier alpha value is -1.82. The normalized spacial score (nSPS) is 10.6. The number of hydrogen-bond donors (Lipinski definition) is 0. The van der Waals surface area contributed by atoms with Crippen molar-refractivity contribution in [2.45, 2.75) is 6.61 Å². The molecule has 0 fully saturated rings. The van der Waals surface area contributed by atoms with Gasteiger partial charge in [-0.3, -0.25) is 0 Å². The van der Waals surface area contributed by atoms with Crippen molar-refractivity contribution in [3.63, 3.8) is 0 Å². The molecule has 1 aromatic heterocycles. The van der Waals surface area contributed by atoms with Crippen molar-refractivity contribution in [2.75, 3.05) is 0 Å². The molecule has 4 nitrogen and oxygen atoms in total. The summed E-state index contributed by atoms with van der Waals surface area (Å²) in [6.45, 7) is 0.0860. The first-order valence-corrected chi connectivity index (χ1v) is 8.49. The number of benzene rings is 2. The molecule has 24 heavy (non-hydrogen) atoms. The van der Waals surface area contributed by atoms with E-state index in [4.69, 9.17) is 27.9 Å². The van der Waals surface area contributed by atoms with Crippen molar-refractivity contribution in [3.8, 4) is 5.69 Å². The van der Waals surface area contributed by atoms with Crippen LogP contribution in [0.2, 0.25) is 10.0 Å². The maximum absolute atomic E-state index is 12.1. The lowest BCUT2D eigenvalue weighted by atomic mass is 10.2. The molecule has 7 heteroatoms. The van der Waals surface area contributed by atoms with Gasteiger partial charge in [0.2, 0.25) is 0 Å². The molecule has 1 heterocycles. The monoisotopic (exact) mass is 424 g/mol. The van der Waals surface area contributed by atoms with Gasteiger partial charge < -0.3 is 4.74 Å². The molecule has 0 aliphatic rings. The van der Waals surface area contributed by atoms with Crippen molar-refractivity contribution in [1.29, 1.82) is 0 Å². The molecule has 0 N–H and O–H groups in total. The number of carbonyl (C=O) groups is 1. The minimum absolute atomic E-state index is 0.0860. The molecule has 0 amide bonds. The third-order valence-electron chi connectivity index (χ3n) is 3.29. The van der Waals surface area contributed by atoms with Crippen LogP contribution < -0.4 is 0 Å². The lowest BCUT2D eigenvalue weighted by Crippen LogP contribution is -2.06. The summed E-state index contributed by atoms with van der Waals surface area (Å²) in [6.07, 6.45) is 3.52. The van der Waals surface area contributed by atoms with Crippen LogP contribution in [0.4, 0.5) is 0 Å². The van der Waals surface area contributed by atoms with E-state index in [0.29, 0.717) is 21.2 Å². The van der Waals surface area contributed by atoms with Gasteiger partial charge >= 0.3 is 5.97 Å². The van der Waals surface area contributed by atoms with Crippen LogP contribution in [0.25, 0.3) is 5.69 Å². The second kappa shape index (κ2) is 7.38. The number of hydrogen-bond acceptors (Lipinski definition) is 3. The molecule has 3 rings (SSSR count). The van der Waals surface area contributed by atoms with E-state index in [1.54, 1.807) is 53.3 Å². The zero-order valence-corrected chi connectivity index (χ0v) is 15.3. The van der Waals surface area contributed by atoms with Crippen molar-refractivity contribution >= 4 is 45.1 Å². The molecule has 0 bridgehead atoms. The van der Waals surface area contributed by atoms with Crippen molar-refractivity contribution in [2.24, 2.45) is 0 Å².